The average Bonchev–Trinajstić information content (AvgIpc) is 3.12. The number of tetrazole rings is 1. The Morgan fingerprint density at radius 2 is 2.17 bits per heavy atom. The van der Waals surface area contributed by atoms with Crippen LogP contribution in [0.4, 0.5) is 18.9 Å². The molecule has 1 fully saturated rings. The number of hydrogen-bond donors (Lipinski definition) is 1. The number of likely N-dealkylation sites (tertiary alicyclic amines) is 1. The molecular weight excluding hydrogens is 325 g/mol. The van der Waals surface area contributed by atoms with Crippen LogP contribution in [0.5, 0.6) is 0 Å². The van der Waals surface area contributed by atoms with E-state index in [4.69, 9.17) is 0 Å². The van der Waals surface area contributed by atoms with Crippen molar-refractivity contribution >= 4 is 11.6 Å². The number of nitrogens with one attached hydrogen (secondary N) is 1. The number of carbonyl (C=O) groups excluding carboxylic acids is 1. The van der Waals surface area contributed by atoms with Crippen molar-refractivity contribution in [3.63, 3.8) is 0 Å². The van der Waals surface area contributed by atoms with Gasteiger partial charge in [-0.05, 0) is 47.5 Å². The fourth-order valence-corrected chi connectivity index (χ4v) is 2.72. The Morgan fingerprint density at radius 1 is 1.38 bits per heavy atom. The molecule has 1 aliphatic rings. The van der Waals surface area contributed by atoms with Crippen molar-refractivity contribution < 1.29 is 18.0 Å². The normalized spacial score (nSPS) is 18.2. The summed E-state index contributed by atoms with van der Waals surface area (Å²) >= 11 is 0. The second kappa shape index (κ2) is 6.10. The van der Waals surface area contributed by atoms with E-state index in [9.17, 15) is 18.0 Å². The lowest BCUT2D eigenvalue weighted by Crippen LogP contribution is -2.39. The van der Waals surface area contributed by atoms with Crippen molar-refractivity contribution in [1.29, 1.82) is 0 Å². The lowest BCUT2D eigenvalue weighted by Gasteiger charge is -2.19. The van der Waals surface area contributed by atoms with Crippen LogP contribution in [-0.2, 0) is 4.79 Å². The Kier molecular flexibility index (Phi) is 4.12. The van der Waals surface area contributed by atoms with E-state index in [0.29, 0.717) is 12.1 Å². The number of rotatable bonds is 4. The van der Waals surface area contributed by atoms with Crippen LogP contribution in [0.25, 0.3) is 5.69 Å². The molecule has 10 heteroatoms. The number of nitrogens with zero attached hydrogens (tertiary/aromatic N) is 5. The molecule has 1 amide bonds. The maximum atomic E-state index is 12.4. The van der Waals surface area contributed by atoms with E-state index in [1.807, 2.05) is 6.92 Å². The van der Waals surface area contributed by atoms with Crippen molar-refractivity contribution in [2.24, 2.45) is 0 Å². The molecule has 0 aliphatic carbocycles. The zero-order chi connectivity index (χ0) is 17.3. The van der Waals surface area contributed by atoms with Crippen molar-refractivity contribution in [3.05, 3.63) is 30.1 Å². The summed E-state index contributed by atoms with van der Waals surface area (Å²) in [6.07, 6.45) is -2.58. The minimum absolute atomic E-state index is 0.0949. The summed E-state index contributed by atoms with van der Waals surface area (Å²) in [5.41, 5.74) is 2.31. The minimum Gasteiger partial charge on any atom is -0.374 e. The average molecular weight is 340 g/mol. The topological polar surface area (TPSA) is 75.9 Å². The molecule has 2 aromatic rings. The number of carbonyl (C=O) groups is 1. The quantitative estimate of drug-likeness (QED) is 0.914. The van der Waals surface area contributed by atoms with E-state index < -0.39 is 24.7 Å². The van der Waals surface area contributed by atoms with Gasteiger partial charge in [-0.1, -0.05) is 0 Å². The largest absolute Gasteiger partial charge is 0.406 e. The van der Waals surface area contributed by atoms with Crippen LogP contribution >= 0.6 is 0 Å². The maximum Gasteiger partial charge on any atom is 0.406 e. The van der Waals surface area contributed by atoms with Gasteiger partial charge in [-0.25, -0.2) is 4.68 Å². The zero-order valence-electron chi connectivity index (χ0n) is 12.8. The highest BCUT2D eigenvalue weighted by atomic mass is 19.4. The predicted octanol–water partition coefficient (Wildman–Crippen LogP) is 1.55. The van der Waals surface area contributed by atoms with Gasteiger partial charge in [-0.3, -0.25) is 4.79 Å². The van der Waals surface area contributed by atoms with Crippen molar-refractivity contribution in [2.75, 3.05) is 18.4 Å². The van der Waals surface area contributed by atoms with Gasteiger partial charge in [0.25, 0.3) is 0 Å². The van der Waals surface area contributed by atoms with E-state index in [2.05, 4.69) is 20.8 Å². The molecule has 0 bridgehead atoms. The molecule has 1 aromatic heterocycles. The number of anilines is 1. The molecule has 1 unspecified atom stereocenters. The van der Waals surface area contributed by atoms with Crippen LogP contribution < -0.4 is 5.32 Å². The van der Waals surface area contributed by atoms with Crippen LogP contribution in [0.2, 0.25) is 0 Å². The van der Waals surface area contributed by atoms with Crippen molar-refractivity contribution in [1.82, 2.24) is 25.1 Å². The molecule has 0 spiro atoms. The van der Waals surface area contributed by atoms with E-state index in [0.717, 1.165) is 16.2 Å². The Morgan fingerprint density at radius 3 is 2.79 bits per heavy atom. The number of amides is 1. The number of alkyl halides is 3. The second-order valence-electron chi connectivity index (χ2n) is 5.62. The lowest BCUT2D eigenvalue weighted by atomic mass is 10.1. The monoisotopic (exact) mass is 340 g/mol. The third-order valence-corrected chi connectivity index (χ3v) is 3.80. The first-order chi connectivity index (χ1) is 11.3. The van der Waals surface area contributed by atoms with Crippen LogP contribution in [0.1, 0.15) is 12.0 Å². The summed E-state index contributed by atoms with van der Waals surface area (Å²) in [5, 5.41) is 13.9. The fraction of sp³-hybridized carbons (Fsp3) is 0.429. The standard InChI is InChI=1S/C14H15F3N6O/c1-9-6-10(2-3-12(9)23-8-18-20-21-23)19-11-4-5-22(13(11)24)7-14(15,16)17/h2-3,6,8,11,19H,4-5,7H2,1H3. The van der Waals surface area contributed by atoms with Gasteiger partial charge in [0.05, 0.1) is 5.69 Å². The molecule has 1 aromatic carbocycles. The number of benzene rings is 1. The first-order valence-corrected chi connectivity index (χ1v) is 7.29. The lowest BCUT2D eigenvalue weighted by molar-refractivity contribution is -0.157. The molecule has 128 valence electrons. The van der Waals surface area contributed by atoms with Crippen molar-refractivity contribution in [3.8, 4) is 5.69 Å². The Hall–Kier alpha value is -2.65. The predicted molar refractivity (Wildman–Crippen MR) is 78.6 cm³/mol. The highest BCUT2D eigenvalue weighted by molar-refractivity contribution is 5.86. The van der Waals surface area contributed by atoms with Gasteiger partial charge in [0, 0.05) is 12.2 Å². The van der Waals surface area contributed by atoms with E-state index in [1.54, 1.807) is 18.2 Å². The number of aromatic nitrogens is 4. The molecule has 1 aliphatic heterocycles. The van der Waals surface area contributed by atoms with Crippen LogP contribution in [-0.4, -0.2) is 56.3 Å². The third-order valence-electron chi connectivity index (χ3n) is 3.80. The highest BCUT2D eigenvalue weighted by Gasteiger charge is 2.39. The Bertz CT molecular complexity index is 731. The van der Waals surface area contributed by atoms with Crippen LogP contribution in [0.15, 0.2) is 24.5 Å². The van der Waals surface area contributed by atoms with Gasteiger partial charge in [0.15, 0.2) is 0 Å². The summed E-state index contributed by atoms with van der Waals surface area (Å²) in [7, 11) is 0. The second-order valence-corrected chi connectivity index (χ2v) is 5.62. The summed E-state index contributed by atoms with van der Waals surface area (Å²) < 4.78 is 38.8. The summed E-state index contributed by atoms with van der Waals surface area (Å²) in [5.74, 6) is -0.533. The number of aryl methyl sites for hydroxylation is 1. The zero-order valence-corrected chi connectivity index (χ0v) is 12.8. The Labute approximate surface area is 135 Å². The van der Waals surface area contributed by atoms with Gasteiger partial charge in [0.1, 0.15) is 18.9 Å². The van der Waals surface area contributed by atoms with Crippen LogP contribution in [0, 0.1) is 6.92 Å². The van der Waals surface area contributed by atoms with E-state index >= 15 is 0 Å². The fourth-order valence-electron chi connectivity index (χ4n) is 2.72. The van der Waals surface area contributed by atoms with Crippen LogP contribution in [0.3, 0.4) is 0 Å². The molecule has 0 saturated carbocycles. The van der Waals surface area contributed by atoms with Crippen molar-refractivity contribution in [2.45, 2.75) is 25.6 Å². The smallest absolute Gasteiger partial charge is 0.374 e. The summed E-state index contributed by atoms with van der Waals surface area (Å²) in [6, 6.07) is 4.67. The van der Waals surface area contributed by atoms with E-state index in [1.165, 1.54) is 11.0 Å². The Balaban J connectivity index is 1.69. The minimum atomic E-state index is -4.38. The molecule has 3 rings (SSSR count). The third kappa shape index (κ3) is 3.47. The molecule has 0 radical (unpaired) electrons. The summed E-state index contributed by atoms with van der Waals surface area (Å²) in [6.45, 7) is 0.744. The first kappa shape index (κ1) is 16.2. The van der Waals surface area contributed by atoms with Gasteiger partial charge in [-0.15, -0.1) is 5.10 Å². The van der Waals surface area contributed by atoms with E-state index in [-0.39, 0.29) is 6.54 Å². The SMILES string of the molecule is Cc1cc(NC2CCN(CC(F)(F)F)C2=O)ccc1-n1cnnn1. The van der Waals surface area contributed by atoms with Gasteiger partial charge >= 0.3 is 6.18 Å². The molecular formula is C14H15F3N6O. The van der Waals surface area contributed by atoms with Gasteiger partial charge in [-0.2, -0.15) is 13.2 Å². The highest BCUT2D eigenvalue weighted by Crippen LogP contribution is 2.24. The maximum absolute atomic E-state index is 12.4. The molecule has 1 saturated heterocycles. The molecule has 2 heterocycles. The molecule has 1 atom stereocenters. The van der Waals surface area contributed by atoms with Gasteiger partial charge < -0.3 is 10.2 Å². The van der Waals surface area contributed by atoms with Gasteiger partial charge in [0.2, 0.25) is 5.91 Å². The summed E-state index contributed by atoms with van der Waals surface area (Å²) in [4.78, 5) is 12.9. The molecule has 24 heavy (non-hydrogen) atoms. The first-order valence-electron chi connectivity index (χ1n) is 7.29. The number of halogens is 3. The number of hydrogen-bond acceptors (Lipinski definition) is 5. The molecule has 1 N–H and O–H groups in total. The molecule has 7 nitrogen and oxygen atoms in total.